The Kier molecular flexibility index (Phi) is 7.28. The van der Waals surface area contributed by atoms with Gasteiger partial charge in [0.1, 0.15) is 11.4 Å². The van der Waals surface area contributed by atoms with E-state index in [1.54, 1.807) is 13.8 Å². The number of aromatic nitrogens is 2. The molecule has 0 atom stereocenters. The standard InChI is InChI=1S/C27H30N6O3/c1-6-22(34)30-23-18(5)28-25-24(29-19-13-15-20(16-14-19)32(7-2)8-3)26(31-33(25)27(23)35)36-21-12-10-9-11-17(21)4/h9-16H,6-8H2,1-5H3,(H,30,34). The van der Waals surface area contributed by atoms with Crippen molar-refractivity contribution in [1.82, 2.24) is 9.66 Å². The lowest BCUT2D eigenvalue weighted by Crippen LogP contribution is -2.28. The van der Waals surface area contributed by atoms with Gasteiger partial charge in [0.2, 0.25) is 5.91 Å². The molecule has 0 aliphatic carbocycles. The largest absolute Gasteiger partial charge is 0.436 e. The fourth-order valence-corrected chi connectivity index (χ4v) is 3.87. The topological polar surface area (TPSA) is 101 Å². The Labute approximate surface area is 210 Å². The second-order valence-electron chi connectivity index (χ2n) is 8.34. The van der Waals surface area contributed by atoms with Crippen LogP contribution in [0.4, 0.5) is 17.1 Å². The maximum atomic E-state index is 13.3. The molecule has 9 nitrogen and oxygen atoms in total. The van der Waals surface area contributed by atoms with Gasteiger partial charge in [0.25, 0.3) is 11.5 Å². The van der Waals surface area contributed by atoms with Crippen LogP contribution in [-0.4, -0.2) is 40.3 Å². The first-order chi connectivity index (χ1) is 17.4. The fraction of sp³-hybridized carbons (Fsp3) is 0.296. The Morgan fingerprint density at radius 3 is 2.39 bits per heavy atom. The van der Waals surface area contributed by atoms with Gasteiger partial charge in [-0.2, -0.15) is 4.68 Å². The second kappa shape index (κ2) is 10.6. The highest BCUT2D eigenvalue weighted by Crippen LogP contribution is 2.24. The molecule has 0 saturated carbocycles. The summed E-state index contributed by atoms with van der Waals surface area (Å²) in [5.41, 5.74) is 2.99. The van der Waals surface area contributed by atoms with Crippen LogP contribution in [0.25, 0.3) is 0 Å². The SMILES string of the molecule is CCC(=O)Nc1c(C)nc2n(c1=O)N=C(Oc1ccccc1C)C2=Nc1ccc(N(CC)CC)cc1. The van der Waals surface area contributed by atoms with Crippen LogP contribution in [-0.2, 0) is 4.79 Å². The van der Waals surface area contributed by atoms with Crippen LogP contribution in [0.3, 0.4) is 0 Å². The number of fused-ring (bicyclic) bond motifs is 1. The first-order valence-corrected chi connectivity index (χ1v) is 12.1. The van der Waals surface area contributed by atoms with Crippen molar-refractivity contribution in [2.45, 2.75) is 41.0 Å². The van der Waals surface area contributed by atoms with Crippen molar-refractivity contribution in [3.8, 4) is 5.75 Å². The first-order valence-electron chi connectivity index (χ1n) is 12.1. The van der Waals surface area contributed by atoms with Crippen molar-refractivity contribution in [1.29, 1.82) is 0 Å². The van der Waals surface area contributed by atoms with E-state index in [1.807, 2.05) is 55.5 Å². The average Bonchev–Trinajstić information content (AvgIpc) is 3.21. The minimum absolute atomic E-state index is 0.0921. The summed E-state index contributed by atoms with van der Waals surface area (Å²) < 4.78 is 7.27. The summed E-state index contributed by atoms with van der Waals surface area (Å²) in [6.45, 7) is 11.3. The number of anilines is 2. The van der Waals surface area contributed by atoms with Crippen molar-refractivity contribution in [3.05, 3.63) is 76.0 Å². The molecule has 0 spiro atoms. The predicted molar refractivity (Wildman–Crippen MR) is 143 cm³/mol. The van der Waals surface area contributed by atoms with Crippen LogP contribution in [0.1, 0.15) is 44.3 Å². The fourth-order valence-electron chi connectivity index (χ4n) is 3.87. The van der Waals surface area contributed by atoms with Crippen LogP contribution in [0, 0.1) is 13.8 Å². The number of aliphatic imine (C=N–C) groups is 1. The van der Waals surface area contributed by atoms with Gasteiger partial charge in [-0.1, -0.05) is 25.1 Å². The number of nitrogens with one attached hydrogen (secondary N) is 1. The summed E-state index contributed by atoms with van der Waals surface area (Å²) >= 11 is 0. The molecule has 2 aromatic carbocycles. The van der Waals surface area contributed by atoms with Crippen LogP contribution in [0.5, 0.6) is 5.75 Å². The highest BCUT2D eigenvalue weighted by molar-refractivity contribution is 6.46. The van der Waals surface area contributed by atoms with Crippen LogP contribution < -0.4 is 20.5 Å². The third-order valence-electron chi connectivity index (χ3n) is 5.95. The number of rotatable bonds is 7. The molecule has 186 valence electrons. The van der Waals surface area contributed by atoms with E-state index in [0.717, 1.165) is 29.0 Å². The van der Waals surface area contributed by atoms with Crippen molar-refractivity contribution in [2.24, 2.45) is 10.1 Å². The Balaban J connectivity index is 1.81. The van der Waals surface area contributed by atoms with Gasteiger partial charge in [0, 0.05) is 25.2 Å². The Hall–Kier alpha value is -4.27. The van der Waals surface area contributed by atoms with E-state index in [9.17, 15) is 9.59 Å². The molecular formula is C27H30N6O3. The van der Waals surface area contributed by atoms with Gasteiger partial charge in [0.15, 0.2) is 11.5 Å². The zero-order valence-corrected chi connectivity index (χ0v) is 21.2. The van der Waals surface area contributed by atoms with Crippen molar-refractivity contribution in [3.63, 3.8) is 0 Å². The number of nitrogens with zero attached hydrogens (tertiary/aromatic N) is 5. The average molecular weight is 487 g/mol. The number of carbonyl (C=O) groups is 1. The summed E-state index contributed by atoms with van der Waals surface area (Å²) in [4.78, 5) is 36.8. The minimum atomic E-state index is -0.493. The van der Waals surface area contributed by atoms with E-state index in [4.69, 9.17) is 9.73 Å². The Morgan fingerprint density at radius 2 is 1.75 bits per heavy atom. The number of hydrogen-bond acceptors (Lipinski definition) is 7. The number of hydrogen-bond donors (Lipinski definition) is 1. The van der Waals surface area contributed by atoms with Gasteiger partial charge < -0.3 is 15.0 Å². The molecule has 0 radical (unpaired) electrons. The normalized spacial score (nSPS) is 13.4. The summed E-state index contributed by atoms with van der Waals surface area (Å²) in [5, 5.41) is 7.05. The lowest BCUT2D eigenvalue weighted by atomic mass is 10.2. The zero-order valence-electron chi connectivity index (χ0n) is 21.2. The third kappa shape index (κ3) is 4.91. The number of benzene rings is 2. The van der Waals surface area contributed by atoms with Gasteiger partial charge >= 0.3 is 0 Å². The molecule has 9 heteroatoms. The molecule has 0 unspecified atom stereocenters. The third-order valence-corrected chi connectivity index (χ3v) is 5.95. The number of para-hydroxylation sites is 1. The Bertz CT molecular complexity index is 1400. The second-order valence-corrected chi connectivity index (χ2v) is 8.34. The van der Waals surface area contributed by atoms with E-state index in [0.29, 0.717) is 22.8 Å². The zero-order chi connectivity index (χ0) is 25.8. The van der Waals surface area contributed by atoms with Gasteiger partial charge in [-0.05, 0) is 63.6 Å². The molecule has 36 heavy (non-hydrogen) atoms. The highest BCUT2D eigenvalue weighted by Gasteiger charge is 2.30. The van der Waals surface area contributed by atoms with Crippen molar-refractivity contribution in [2.75, 3.05) is 23.3 Å². The van der Waals surface area contributed by atoms with E-state index in [-0.39, 0.29) is 29.7 Å². The number of aryl methyl sites for hydroxylation is 2. The van der Waals surface area contributed by atoms with Gasteiger partial charge in [-0.25, -0.2) is 9.98 Å². The summed E-state index contributed by atoms with van der Waals surface area (Å²) in [5.74, 6) is 0.722. The molecule has 2 heterocycles. The number of ether oxygens (including phenoxy) is 1. The molecule has 1 amide bonds. The number of carbonyl (C=O) groups excluding carboxylic acids is 1. The molecule has 0 saturated heterocycles. The minimum Gasteiger partial charge on any atom is -0.436 e. The molecule has 3 aromatic rings. The van der Waals surface area contributed by atoms with Gasteiger partial charge in [-0.3, -0.25) is 9.59 Å². The lowest BCUT2D eigenvalue weighted by molar-refractivity contribution is -0.115. The maximum absolute atomic E-state index is 13.3. The van der Waals surface area contributed by atoms with E-state index >= 15 is 0 Å². The van der Waals surface area contributed by atoms with Crippen LogP contribution >= 0.6 is 0 Å². The van der Waals surface area contributed by atoms with E-state index in [2.05, 4.69) is 34.1 Å². The van der Waals surface area contributed by atoms with Gasteiger partial charge in [0.05, 0.1) is 11.4 Å². The first kappa shape index (κ1) is 24.8. The number of amides is 1. The molecule has 0 fully saturated rings. The quantitative estimate of drug-likeness (QED) is 0.532. The molecule has 1 aromatic heterocycles. The molecular weight excluding hydrogens is 456 g/mol. The van der Waals surface area contributed by atoms with Crippen LogP contribution in [0.2, 0.25) is 0 Å². The molecule has 1 aliphatic heterocycles. The summed E-state index contributed by atoms with van der Waals surface area (Å²) in [6.07, 6.45) is 0.238. The van der Waals surface area contributed by atoms with Crippen molar-refractivity contribution >= 4 is 34.6 Å². The van der Waals surface area contributed by atoms with E-state index < -0.39 is 5.56 Å². The van der Waals surface area contributed by atoms with Crippen LogP contribution in [0.15, 0.2) is 63.4 Å². The van der Waals surface area contributed by atoms with E-state index in [1.165, 1.54) is 0 Å². The molecule has 1 N–H and O–H groups in total. The smallest absolute Gasteiger partial charge is 0.298 e. The maximum Gasteiger partial charge on any atom is 0.298 e. The van der Waals surface area contributed by atoms with Crippen molar-refractivity contribution < 1.29 is 9.53 Å². The molecule has 0 bridgehead atoms. The molecule has 4 rings (SSSR count). The predicted octanol–water partition coefficient (Wildman–Crippen LogP) is 4.43. The molecule has 1 aliphatic rings. The lowest BCUT2D eigenvalue weighted by Gasteiger charge is -2.20. The monoisotopic (exact) mass is 486 g/mol. The van der Waals surface area contributed by atoms with Gasteiger partial charge in [-0.15, -0.1) is 5.10 Å². The summed E-state index contributed by atoms with van der Waals surface area (Å²) in [6, 6.07) is 15.4. The Morgan fingerprint density at radius 1 is 1.06 bits per heavy atom. The summed E-state index contributed by atoms with van der Waals surface area (Å²) in [7, 11) is 0. The highest BCUT2D eigenvalue weighted by atomic mass is 16.5.